The maximum absolute atomic E-state index is 13.3. The van der Waals surface area contributed by atoms with E-state index in [0.717, 1.165) is 6.26 Å². The molecule has 0 spiro atoms. The lowest BCUT2D eigenvalue weighted by Crippen LogP contribution is -2.71. The number of amides is 6. The van der Waals surface area contributed by atoms with Crippen LogP contribution in [0.3, 0.4) is 0 Å². The van der Waals surface area contributed by atoms with Crippen molar-refractivity contribution in [2.24, 2.45) is 0 Å². The second-order valence-corrected chi connectivity index (χ2v) is 12.8. The molecule has 4 atom stereocenters. The fourth-order valence-electron chi connectivity index (χ4n) is 4.54. The number of rotatable bonds is 6. The molecule has 0 radical (unpaired) electrons. The average Bonchev–Trinajstić information content (AvgIpc) is 3.31. The lowest BCUT2D eigenvalue weighted by Gasteiger charge is -2.44. The number of nitrogens with one attached hydrogen (secondary N) is 2. The van der Waals surface area contributed by atoms with Crippen LogP contribution in [0.5, 0.6) is 0 Å². The largest absolute Gasteiger partial charge is 0.480 e. The highest BCUT2D eigenvalue weighted by Crippen LogP contribution is 2.50. The van der Waals surface area contributed by atoms with E-state index in [4.69, 9.17) is 0 Å². The smallest absolute Gasteiger partial charge is 0.341 e. The Kier molecular flexibility index (Phi) is 6.41. The summed E-state index contributed by atoms with van der Waals surface area (Å²) in [6, 6.07) is 2.76. The molecule has 3 fully saturated rings. The number of aliphatic carboxylic acids is 1. The summed E-state index contributed by atoms with van der Waals surface area (Å²) in [5, 5.41) is 14.0. The van der Waals surface area contributed by atoms with E-state index < -0.39 is 68.1 Å². The fourth-order valence-corrected chi connectivity index (χ4v) is 6.96. The van der Waals surface area contributed by atoms with E-state index in [1.54, 1.807) is 44.2 Å². The molecule has 0 bridgehead atoms. The summed E-state index contributed by atoms with van der Waals surface area (Å²) in [5.41, 5.74) is 0.362. The van der Waals surface area contributed by atoms with Gasteiger partial charge in [0.25, 0.3) is 0 Å². The van der Waals surface area contributed by atoms with Gasteiger partial charge in [-0.3, -0.25) is 9.59 Å². The molecule has 15 heteroatoms. The van der Waals surface area contributed by atoms with Gasteiger partial charge in [0, 0.05) is 4.75 Å². The van der Waals surface area contributed by atoms with Crippen molar-refractivity contribution >= 4 is 51.6 Å². The minimum absolute atomic E-state index is 0.193. The van der Waals surface area contributed by atoms with E-state index in [-0.39, 0.29) is 13.1 Å². The summed E-state index contributed by atoms with van der Waals surface area (Å²) >= 11 is 1.26. The Morgan fingerprint density at radius 3 is 2.33 bits per heavy atom. The maximum atomic E-state index is 13.3. The Hall–Kier alpha value is -3.33. The van der Waals surface area contributed by atoms with E-state index in [9.17, 15) is 37.5 Å². The Morgan fingerprint density at radius 1 is 1.14 bits per heavy atom. The molecule has 0 saturated carbocycles. The zero-order valence-corrected chi connectivity index (χ0v) is 21.2. The maximum Gasteiger partial charge on any atom is 0.341 e. The average molecular weight is 540 g/mol. The number of fused-ring (bicyclic) bond motifs is 1. The third-order valence-electron chi connectivity index (χ3n) is 6.25. The quantitative estimate of drug-likeness (QED) is 0.413. The van der Waals surface area contributed by atoms with E-state index in [0.29, 0.717) is 14.8 Å². The molecule has 3 saturated heterocycles. The Balaban J connectivity index is 1.51. The van der Waals surface area contributed by atoms with Crippen LogP contribution in [0.25, 0.3) is 0 Å². The lowest BCUT2D eigenvalue weighted by atomic mass is 9.95. The number of carboxylic acids is 1. The first-order valence-corrected chi connectivity index (χ1v) is 13.6. The molecule has 4 rings (SSSR count). The number of hydrogen-bond acceptors (Lipinski definition) is 8. The molecule has 36 heavy (non-hydrogen) atoms. The van der Waals surface area contributed by atoms with Gasteiger partial charge in [-0.1, -0.05) is 30.3 Å². The Morgan fingerprint density at radius 2 is 1.78 bits per heavy atom. The molecule has 3 aliphatic rings. The van der Waals surface area contributed by atoms with Gasteiger partial charge in [-0.25, -0.2) is 32.0 Å². The van der Waals surface area contributed by atoms with Gasteiger partial charge in [-0.15, -0.1) is 11.8 Å². The van der Waals surface area contributed by atoms with Gasteiger partial charge < -0.3 is 20.6 Å². The van der Waals surface area contributed by atoms with Crippen molar-refractivity contribution in [2.75, 3.05) is 19.3 Å². The number of hydrogen-bond donors (Lipinski definition) is 3. The summed E-state index contributed by atoms with van der Waals surface area (Å²) in [6.45, 7) is 3.02. The molecule has 3 N–H and O–H groups in total. The number of β-lactam (4-membered cyclic amide) rings is 1. The molecule has 1 aromatic carbocycles. The molecule has 6 amide bonds. The summed E-state index contributed by atoms with van der Waals surface area (Å²) < 4.78 is 23.3. The number of nitrogens with zero attached hydrogens (tertiary/aromatic N) is 3. The molecule has 3 aliphatic heterocycles. The van der Waals surface area contributed by atoms with Crippen molar-refractivity contribution in [3.05, 3.63) is 35.9 Å². The predicted molar refractivity (Wildman–Crippen MR) is 127 cm³/mol. The van der Waals surface area contributed by atoms with Gasteiger partial charge in [0.05, 0.1) is 19.3 Å². The summed E-state index contributed by atoms with van der Waals surface area (Å²) in [4.78, 5) is 65.0. The summed E-state index contributed by atoms with van der Waals surface area (Å²) in [7, 11) is -3.87. The van der Waals surface area contributed by atoms with Gasteiger partial charge in [0.2, 0.25) is 21.8 Å². The van der Waals surface area contributed by atoms with Crippen LogP contribution in [-0.2, 0) is 24.4 Å². The van der Waals surface area contributed by atoms with E-state index >= 15 is 0 Å². The number of imide groups is 1. The molecular weight excluding hydrogens is 514 g/mol. The van der Waals surface area contributed by atoms with Gasteiger partial charge in [-0.05, 0) is 19.4 Å². The normalized spacial score (nSPS) is 25.8. The summed E-state index contributed by atoms with van der Waals surface area (Å²) in [5.74, 6) is -2.42. The van der Waals surface area contributed by atoms with Crippen molar-refractivity contribution in [2.45, 2.75) is 42.1 Å². The van der Waals surface area contributed by atoms with Gasteiger partial charge >= 0.3 is 18.0 Å². The lowest BCUT2D eigenvalue weighted by molar-refractivity contribution is -0.161. The first-order valence-electron chi connectivity index (χ1n) is 10.9. The van der Waals surface area contributed by atoms with E-state index in [1.807, 2.05) is 0 Å². The SMILES string of the molecule is CC1(C)S[C@@H]2[C@H](NC(=O)[C@H](NC(=O)N3CCN(S(C)(=O)=O)C3=O)c3ccccc3)C(=O)N2C1C(=O)O. The highest BCUT2D eigenvalue weighted by molar-refractivity contribution is 8.01. The molecule has 3 heterocycles. The molecule has 194 valence electrons. The van der Waals surface area contributed by atoms with Gasteiger partial charge in [0.15, 0.2) is 0 Å². The fraction of sp³-hybridized carbons (Fsp3) is 0.476. The minimum Gasteiger partial charge on any atom is -0.480 e. The van der Waals surface area contributed by atoms with Crippen molar-refractivity contribution in [3.63, 3.8) is 0 Å². The number of carboxylic acid groups (broad SMARTS) is 1. The molecule has 0 aromatic heterocycles. The Bertz CT molecular complexity index is 1240. The minimum atomic E-state index is -3.87. The van der Waals surface area contributed by atoms with E-state index in [1.165, 1.54) is 16.7 Å². The van der Waals surface area contributed by atoms with E-state index in [2.05, 4.69) is 10.6 Å². The topological polar surface area (TPSA) is 173 Å². The molecule has 1 aromatic rings. The van der Waals surface area contributed by atoms with Crippen LogP contribution in [0, 0.1) is 0 Å². The van der Waals surface area contributed by atoms with Crippen LogP contribution < -0.4 is 10.6 Å². The second-order valence-electron chi connectivity index (χ2n) is 9.15. The molecular formula is C21H25N5O8S2. The second kappa shape index (κ2) is 8.96. The number of thioether (sulfide) groups is 1. The van der Waals surface area contributed by atoms with Crippen LogP contribution in [0.4, 0.5) is 9.59 Å². The monoisotopic (exact) mass is 539 g/mol. The molecule has 0 aliphatic carbocycles. The zero-order valence-electron chi connectivity index (χ0n) is 19.6. The third-order valence-corrected chi connectivity index (χ3v) is 8.96. The van der Waals surface area contributed by atoms with Crippen LogP contribution in [0.15, 0.2) is 30.3 Å². The van der Waals surface area contributed by atoms with Gasteiger partial charge in [0.1, 0.15) is 23.5 Å². The molecule has 13 nitrogen and oxygen atoms in total. The first kappa shape index (κ1) is 25.8. The predicted octanol–water partition coefficient (Wildman–Crippen LogP) is -0.234. The zero-order chi connectivity index (χ0) is 26.6. The van der Waals surface area contributed by atoms with Gasteiger partial charge in [-0.2, -0.15) is 0 Å². The molecule has 1 unspecified atom stereocenters. The summed E-state index contributed by atoms with van der Waals surface area (Å²) in [6.07, 6.45) is 0.850. The van der Waals surface area contributed by atoms with Crippen LogP contribution in [0.1, 0.15) is 25.5 Å². The van der Waals surface area contributed by atoms with Crippen molar-refractivity contribution in [3.8, 4) is 0 Å². The number of carbonyl (C=O) groups is 5. The standard InChI is InChI=1S/C21H25N5O8S2/c1-21(2)14(18(29)30)26-16(28)13(17(26)35-21)22-15(27)12(11-7-5-4-6-8-11)23-19(31)24-9-10-25(20(24)32)36(3,33)34/h4-8,12-14,17H,9-10H2,1-3H3,(H,22,27)(H,23,31)(H,29,30)/t12-,13-,14?,17-/m1/s1. The number of benzene rings is 1. The van der Waals surface area contributed by atoms with Crippen molar-refractivity contribution in [1.29, 1.82) is 0 Å². The van der Waals surface area contributed by atoms with Crippen LogP contribution >= 0.6 is 11.8 Å². The highest BCUT2D eigenvalue weighted by atomic mass is 32.2. The number of sulfonamides is 1. The number of carbonyl (C=O) groups excluding carboxylic acids is 4. The Labute approximate surface area is 211 Å². The van der Waals surface area contributed by atoms with Crippen LogP contribution in [0.2, 0.25) is 0 Å². The number of urea groups is 2. The van der Waals surface area contributed by atoms with Crippen LogP contribution in [-0.4, -0.2) is 99.0 Å². The third kappa shape index (κ3) is 4.36. The van der Waals surface area contributed by atoms with Crippen molar-refractivity contribution < 1.29 is 37.5 Å². The highest BCUT2D eigenvalue weighted by Gasteiger charge is 2.64. The van der Waals surface area contributed by atoms with Crippen molar-refractivity contribution in [1.82, 2.24) is 24.7 Å². The first-order chi connectivity index (χ1) is 16.7.